The molecule has 0 saturated carbocycles. The van der Waals surface area contributed by atoms with Crippen molar-refractivity contribution in [3.8, 4) is 0 Å². The maximum Gasteiger partial charge on any atom is 0.270 e. The number of nitrogens with zero attached hydrogens (tertiary/aromatic N) is 2. The molecule has 2 unspecified atom stereocenters. The van der Waals surface area contributed by atoms with Gasteiger partial charge in [0.1, 0.15) is 11.6 Å². The van der Waals surface area contributed by atoms with Gasteiger partial charge in [-0.1, -0.05) is 24.6 Å². The number of carbonyl (C=O) groups excluding carboxylic acids is 1. The monoisotopic (exact) mass is 505 g/mol. The molecular formula is C27H34ClF2N3O2. The van der Waals surface area contributed by atoms with Crippen LogP contribution in [0.5, 0.6) is 0 Å². The topological polar surface area (TPSA) is 64.1 Å². The molecule has 190 valence electrons. The SMILES string of the molecule is C[C@@H](Nc1nc(Cl)nc2c1CC(CCC(=O)C1CCCCOCC1)C2)c1cccc(C(C)(F)F)c1. The summed E-state index contributed by atoms with van der Waals surface area (Å²) >= 11 is 6.22. The van der Waals surface area contributed by atoms with Crippen molar-refractivity contribution in [1.82, 2.24) is 9.97 Å². The van der Waals surface area contributed by atoms with Crippen molar-refractivity contribution in [3.05, 3.63) is 51.9 Å². The largest absolute Gasteiger partial charge is 0.381 e. The Morgan fingerprint density at radius 3 is 2.86 bits per heavy atom. The Morgan fingerprint density at radius 1 is 1.23 bits per heavy atom. The molecule has 5 nitrogen and oxygen atoms in total. The number of hydrogen-bond acceptors (Lipinski definition) is 5. The molecule has 1 aromatic carbocycles. The molecule has 2 aliphatic rings. The molecular weight excluding hydrogens is 472 g/mol. The van der Waals surface area contributed by atoms with Crippen molar-refractivity contribution < 1.29 is 18.3 Å². The molecule has 8 heteroatoms. The summed E-state index contributed by atoms with van der Waals surface area (Å²) in [5.41, 5.74) is 2.64. The summed E-state index contributed by atoms with van der Waals surface area (Å²) in [7, 11) is 0. The lowest BCUT2D eigenvalue weighted by atomic mass is 9.88. The second-order valence-electron chi connectivity index (χ2n) is 10.0. The Hall–Kier alpha value is -2.12. The lowest BCUT2D eigenvalue weighted by Crippen LogP contribution is -2.20. The Balaban J connectivity index is 1.40. The maximum atomic E-state index is 13.8. The first kappa shape index (κ1) is 26.0. The fourth-order valence-electron chi connectivity index (χ4n) is 5.15. The number of fused-ring (bicyclic) bond motifs is 1. The highest BCUT2D eigenvalue weighted by Crippen LogP contribution is 2.36. The number of carbonyl (C=O) groups is 1. The van der Waals surface area contributed by atoms with Gasteiger partial charge >= 0.3 is 0 Å². The molecule has 3 atom stereocenters. The third-order valence-corrected chi connectivity index (χ3v) is 7.41. The minimum Gasteiger partial charge on any atom is -0.381 e. The van der Waals surface area contributed by atoms with Crippen molar-refractivity contribution in [1.29, 1.82) is 0 Å². The first-order chi connectivity index (χ1) is 16.7. The van der Waals surface area contributed by atoms with E-state index in [9.17, 15) is 13.6 Å². The highest BCUT2D eigenvalue weighted by molar-refractivity contribution is 6.28. The molecule has 35 heavy (non-hydrogen) atoms. The molecule has 1 N–H and O–H groups in total. The quantitative estimate of drug-likeness (QED) is 0.405. The maximum absolute atomic E-state index is 13.8. The fraction of sp³-hybridized carbons (Fsp3) is 0.593. The van der Waals surface area contributed by atoms with Gasteiger partial charge < -0.3 is 10.1 Å². The zero-order valence-corrected chi connectivity index (χ0v) is 21.2. The third-order valence-electron chi connectivity index (χ3n) is 7.24. The third kappa shape index (κ3) is 6.76. The van der Waals surface area contributed by atoms with Gasteiger partial charge in [-0.2, -0.15) is 0 Å². The van der Waals surface area contributed by atoms with Gasteiger partial charge in [0.2, 0.25) is 5.28 Å². The van der Waals surface area contributed by atoms with E-state index in [0.717, 1.165) is 75.3 Å². The molecule has 2 aromatic rings. The molecule has 2 heterocycles. The summed E-state index contributed by atoms with van der Waals surface area (Å²) in [5.74, 6) is -1.49. The highest BCUT2D eigenvalue weighted by atomic mass is 35.5. The van der Waals surface area contributed by atoms with Crippen molar-refractivity contribution in [2.75, 3.05) is 18.5 Å². The lowest BCUT2D eigenvalue weighted by molar-refractivity contribution is -0.124. The van der Waals surface area contributed by atoms with E-state index < -0.39 is 5.92 Å². The van der Waals surface area contributed by atoms with Gasteiger partial charge in [-0.25, -0.2) is 18.7 Å². The average Bonchev–Trinajstić information content (AvgIpc) is 3.20. The van der Waals surface area contributed by atoms with E-state index in [-0.39, 0.29) is 22.8 Å². The van der Waals surface area contributed by atoms with Crippen LogP contribution in [-0.4, -0.2) is 29.0 Å². The average molecular weight is 506 g/mol. The summed E-state index contributed by atoms with van der Waals surface area (Å²) in [4.78, 5) is 21.7. The zero-order valence-electron chi connectivity index (χ0n) is 20.5. The lowest BCUT2D eigenvalue weighted by Gasteiger charge is -2.20. The van der Waals surface area contributed by atoms with Crippen LogP contribution in [-0.2, 0) is 28.3 Å². The summed E-state index contributed by atoms with van der Waals surface area (Å²) in [6.07, 6.45) is 6.78. The Kier molecular flexibility index (Phi) is 8.38. The van der Waals surface area contributed by atoms with Gasteiger partial charge in [0, 0.05) is 49.6 Å². The van der Waals surface area contributed by atoms with Crippen molar-refractivity contribution in [2.24, 2.45) is 11.8 Å². The molecule has 0 bridgehead atoms. The Morgan fingerprint density at radius 2 is 2.06 bits per heavy atom. The van der Waals surface area contributed by atoms with Gasteiger partial charge in [0.05, 0.1) is 5.69 Å². The summed E-state index contributed by atoms with van der Waals surface area (Å²) < 4.78 is 33.2. The van der Waals surface area contributed by atoms with Crippen molar-refractivity contribution in [2.45, 2.75) is 77.2 Å². The summed E-state index contributed by atoms with van der Waals surface area (Å²) in [5, 5.41) is 3.53. The number of alkyl halides is 2. The van der Waals surface area contributed by atoms with Crippen LogP contribution >= 0.6 is 11.6 Å². The van der Waals surface area contributed by atoms with Gasteiger partial charge in [0.25, 0.3) is 5.92 Å². The molecule has 4 rings (SSSR count). The van der Waals surface area contributed by atoms with Crippen LogP contribution in [0.2, 0.25) is 5.28 Å². The minimum absolute atomic E-state index is 0.0183. The predicted molar refractivity (Wildman–Crippen MR) is 133 cm³/mol. The van der Waals surface area contributed by atoms with E-state index in [0.29, 0.717) is 30.5 Å². The van der Waals surface area contributed by atoms with Crippen LogP contribution in [0.3, 0.4) is 0 Å². The van der Waals surface area contributed by atoms with Crippen molar-refractivity contribution in [3.63, 3.8) is 0 Å². The van der Waals surface area contributed by atoms with E-state index in [2.05, 4.69) is 15.3 Å². The number of ether oxygens (including phenoxy) is 1. The van der Waals surface area contributed by atoms with Crippen LogP contribution in [0.1, 0.15) is 80.8 Å². The van der Waals surface area contributed by atoms with Crippen LogP contribution < -0.4 is 5.32 Å². The van der Waals surface area contributed by atoms with E-state index in [4.69, 9.17) is 16.3 Å². The van der Waals surface area contributed by atoms with Gasteiger partial charge in [-0.3, -0.25) is 4.79 Å². The standard InChI is InChI=1S/C27H34ClF2N3O2/c1-17(20-7-5-8-21(16-20)27(2,29)30)31-25-22-14-18(15-23(22)32-26(28)33-25)9-10-24(34)19-6-3-4-12-35-13-11-19/h5,7-8,16-19H,3-4,6,9-15H2,1-2H3,(H,31,32,33)/t17-,18?,19?/m1/s1. The Labute approximate surface area is 211 Å². The fourth-order valence-corrected chi connectivity index (χ4v) is 5.34. The minimum atomic E-state index is -2.90. The van der Waals surface area contributed by atoms with Crippen LogP contribution in [0.15, 0.2) is 24.3 Å². The molecule has 0 radical (unpaired) electrons. The number of hydrogen-bond donors (Lipinski definition) is 1. The van der Waals surface area contributed by atoms with Crippen molar-refractivity contribution >= 4 is 23.2 Å². The second-order valence-corrected chi connectivity index (χ2v) is 10.4. The van der Waals surface area contributed by atoms with E-state index >= 15 is 0 Å². The van der Waals surface area contributed by atoms with E-state index in [1.807, 2.05) is 13.0 Å². The number of nitrogens with one attached hydrogen (secondary N) is 1. The summed E-state index contributed by atoms with van der Waals surface area (Å²) in [6, 6.07) is 6.19. The molecule has 1 aromatic heterocycles. The Bertz CT molecular complexity index is 1040. The molecule has 0 spiro atoms. The number of benzene rings is 1. The number of halogens is 3. The number of Topliss-reactive ketones (excluding diaryl/α,β-unsaturated/α-hetero) is 1. The van der Waals surface area contributed by atoms with Crippen LogP contribution in [0, 0.1) is 11.8 Å². The summed E-state index contributed by atoms with van der Waals surface area (Å²) in [6.45, 7) is 4.29. The number of ketones is 1. The number of rotatable bonds is 8. The zero-order chi connectivity index (χ0) is 25.0. The van der Waals surface area contributed by atoms with E-state index in [1.165, 1.54) is 12.1 Å². The smallest absolute Gasteiger partial charge is 0.270 e. The first-order valence-corrected chi connectivity index (χ1v) is 13.0. The van der Waals surface area contributed by atoms with Crippen LogP contribution in [0.25, 0.3) is 0 Å². The van der Waals surface area contributed by atoms with Gasteiger partial charge in [-0.15, -0.1) is 0 Å². The number of anilines is 1. The first-order valence-electron chi connectivity index (χ1n) is 12.6. The van der Waals surface area contributed by atoms with E-state index in [1.54, 1.807) is 6.07 Å². The predicted octanol–water partition coefficient (Wildman–Crippen LogP) is 6.69. The normalized spacial score (nSPS) is 21.6. The number of aromatic nitrogens is 2. The highest BCUT2D eigenvalue weighted by Gasteiger charge is 2.30. The second kappa shape index (κ2) is 11.3. The van der Waals surface area contributed by atoms with Gasteiger partial charge in [-0.05, 0) is 74.6 Å². The molecule has 1 aliphatic carbocycles. The van der Waals surface area contributed by atoms with Crippen LogP contribution in [0.4, 0.5) is 14.6 Å². The molecule has 1 saturated heterocycles. The molecule has 1 fully saturated rings. The van der Waals surface area contributed by atoms with Gasteiger partial charge in [0.15, 0.2) is 0 Å². The molecule has 1 aliphatic heterocycles. The molecule has 0 amide bonds.